The maximum absolute atomic E-state index is 11.9. The molecular formula is C12H13ClN4O9. The van der Waals surface area contributed by atoms with E-state index in [0.29, 0.717) is 11.3 Å². The van der Waals surface area contributed by atoms with E-state index in [-0.39, 0.29) is 11.5 Å². The molecule has 2 rings (SSSR count). The Kier molecular flexibility index (Phi) is 6.93. The van der Waals surface area contributed by atoms with Crippen LogP contribution >= 0.6 is 0 Å². The van der Waals surface area contributed by atoms with Gasteiger partial charge in [0, 0.05) is 0 Å². The smallest absolute Gasteiger partial charge is 0.433 e. The van der Waals surface area contributed by atoms with Crippen molar-refractivity contribution in [2.24, 2.45) is 0 Å². The van der Waals surface area contributed by atoms with Crippen molar-refractivity contribution in [3.05, 3.63) is 34.0 Å². The van der Waals surface area contributed by atoms with Crippen LogP contribution in [0.5, 0.6) is 0 Å². The minimum atomic E-state index is -4.94. The van der Waals surface area contributed by atoms with Crippen molar-refractivity contribution < 1.29 is 52.3 Å². The second-order valence-electron chi connectivity index (χ2n) is 4.67. The SMILES string of the molecule is COC(=O)C(c1cn[nH]c1-c1ccc([N+](=O)[O-])o1)=[N+](C)C.[O-][Cl+3]([O-])([O-])[O-]. The lowest BCUT2D eigenvalue weighted by Crippen LogP contribution is -2.68. The zero-order valence-corrected chi connectivity index (χ0v) is 14.4. The Morgan fingerprint density at radius 2 is 1.85 bits per heavy atom. The Labute approximate surface area is 147 Å². The lowest BCUT2D eigenvalue weighted by atomic mass is 10.1. The van der Waals surface area contributed by atoms with Crippen LogP contribution in [0.25, 0.3) is 11.5 Å². The quantitative estimate of drug-likeness (QED) is 0.175. The molecular weight excluding hydrogens is 380 g/mol. The highest BCUT2D eigenvalue weighted by Crippen LogP contribution is 2.27. The van der Waals surface area contributed by atoms with Gasteiger partial charge in [0.05, 0.1) is 19.4 Å². The Morgan fingerprint density at radius 3 is 2.27 bits per heavy atom. The molecule has 0 amide bonds. The summed E-state index contributed by atoms with van der Waals surface area (Å²) in [5.74, 6) is -0.740. The molecule has 14 heteroatoms. The van der Waals surface area contributed by atoms with Crippen molar-refractivity contribution in [2.45, 2.75) is 0 Å². The molecule has 0 bridgehead atoms. The first-order valence-electron chi connectivity index (χ1n) is 6.48. The summed E-state index contributed by atoms with van der Waals surface area (Å²) in [6.45, 7) is 0. The molecule has 26 heavy (non-hydrogen) atoms. The fraction of sp³-hybridized carbons (Fsp3) is 0.250. The summed E-state index contributed by atoms with van der Waals surface area (Å²) < 4.78 is 45.4. The van der Waals surface area contributed by atoms with Crippen molar-refractivity contribution in [2.75, 3.05) is 21.2 Å². The number of H-pyrrole nitrogens is 1. The van der Waals surface area contributed by atoms with Gasteiger partial charge in [0.1, 0.15) is 30.3 Å². The zero-order chi connectivity index (χ0) is 20.1. The standard InChI is InChI=1S/C12H12N4O5.ClHO4/c1-15(2)11(12(17)20-3)7-6-13-14-10(7)8-4-5-9(21-8)16(18)19;2-1(3,4)5/h4-6H,1-3H3;(H,2,3,4,5). The second kappa shape index (κ2) is 8.50. The van der Waals surface area contributed by atoms with Crippen molar-refractivity contribution >= 4 is 17.6 Å². The van der Waals surface area contributed by atoms with Gasteiger partial charge in [-0.2, -0.15) is 5.10 Å². The first kappa shape index (κ1) is 21.2. The number of furan rings is 1. The maximum atomic E-state index is 11.9. The Morgan fingerprint density at radius 1 is 1.27 bits per heavy atom. The predicted octanol–water partition coefficient (Wildman–Crippen LogP) is -3.94. The van der Waals surface area contributed by atoms with Gasteiger partial charge in [0.2, 0.25) is 0 Å². The molecule has 13 nitrogen and oxygen atoms in total. The molecule has 0 aromatic carbocycles. The summed E-state index contributed by atoms with van der Waals surface area (Å²) in [5, 5.41) is 17.2. The number of nitrogens with zero attached hydrogens (tertiary/aromatic N) is 3. The highest BCUT2D eigenvalue weighted by molar-refractivity contribution is 6.42. The van der Waals surface area contributed by atoms with Crippen LogP contribution in [-0.4, -0.2) is 52.6 Å². The van der Waals surface area contributed by atoms with Gasteiger partial charge < -0.3 is 9.15 Å². The maximum Gasteiger partial charge on any atom is 0.433 e. The van der Waals surface area contributed by atoms with Gasteiger partial charge in [-0.25, -0.2) is 28.0 Å². The van der Waals surface area contributed by atoms with E-state index in [4.69, 9.17) is 27.8 Å². The molecule has 0 fully saturated rings. The van der Waals surface area contributed by atoms with Crippen LogP contribution in [0.2, 0.25) is 0 Å². The van der Waals surface area contributed by atoms with Crippen molar-refractivity contribution in [3.8, 4) is 11.5 Å². The number of nitro groups is 1. The van der Waals surface area contributed by atoms with Gasteiger partial charge in [-0.1, -0.05) is 0 Å². The number of aromatic nitrogens is 2. The van der Waals surface area contributed by atoms with Crippen LogP contribution in [0.15, 0.2) is 22.7 Å². The first-order chi connectivity index (χ1) is 12.0. The second-order valence-corrected chi connectivity index (χ2v) is 5.42. The van der Waals surface area contributed by atoms with Crippen LogP contribution in [-0.2, 0) is 9.53 Å². The van der Waals surface area contributed by atoms with Crippen LogP contribution < -0.4 is 18.6 Å². The molecule has 0 radical (unpaired) electrons. The molecule has 0 saturated carbocycles. The fourth-order valence-electron chi connectivity index (χ4n) is 1.84. The molecule has 2 heterocycles. The van der Waals surface area contributed by atoms with E-state index in [1.165, 1.54) is 25.4 Å². The highest BCUT2D eigenvalue weighted by atomic mass is 35.7. The number of methoxy groups -OCH3 is 1. The zero-order valence-electron chi connectivity index (χ0n) is 13.6. The number of aromatic amines is 1. The highest BCUT2D eigenvalue weighted by Gasteiger charge is 2.29. The number of carbonyl (C=O) groups is 1. The van der Waals surface area contributed by atoms with E-state index < -0.39 is 27.0 Å². The molecule has 2 aromatic rings. The summed E-state index contributed by atoms with van der Waals surface area (Å²) in [6, 6.07) is 2.66. The molecule has 0 unspecified atom stereocenters. The van der Waals surface area contributed by atoms with Gasteiger partial charge in [0.25, 0.3) is 5.71 Å². The average Bonchev–Trinajstić information content (AvgIpc) is 3.13. The van der Waals surface area contributed by atoms with Gasteiger partial charge in [-0.15, -0.1) is 10.2 Å². The van der Waals surface area contributed by atoms with E-state index in [2.05, 4.69) is 10.2 Å². The third kappa shape index (κ3) is 5.91. The van der Waals surface area contributed by atoms with E-state index in [1.807, 2.05) is 0 Å². The van der Waals surface area contributed by atoms with Crippen LogP contribution in [0.3, 0.4) is 0 Å². The summed E-state index contributed by atoms with van der Waals surface area (Å²) in [5.41, 5.74) is 1.04. The Bertz CT molecular complexity index is 811. The van der Waals surface area contributed by atoms with E-state index >= 15 is 0 Å². The van der Waals surface area contributed by atoms with Gasteiger partial charge in [-0.05, 0) is 6.07 Å². The fourth-order valence-corrected chi connectivity index (χ4v) is 1.84. The molecule has 1 N–H and O–H groups in total. The molecule has 0 aliphatic heterocycles. The van der Waals surface area contributed by atoms with Gasteiger partial charge in [-0.3, -0.25) is 15.2 Å². The number of esters is 1. The van der Waals surface area contributed by atoms with E-state index in [9.17, 15) is 14.9 Å². The summed E-state index contributed by atoms with van der Waals surface area (Å²) in [6.07, 6.45) is 1.43. The molecule has 0 atom stereocenters. The lowest BCUT2D eigenvalue weighted by Gasteiger charge is -2.17. The number of halogens is 1. The lowest BCUT2D eigenvalue weighted by molar-refractivity contribution is -2.00. The Hall–Kier alpha value is -2.84. The minimum Gasteiger partial charge on any atom is -0.461 e. The molecule has 2 aromatic heterocycles. The van der Waals surface area contributed by atoms with Gasteiger partial charge in [0.15, 0.2) is 5.76 Å². The molecule has 0 saturated heterocycles. The number of hydrogen-bond acceptors (Lipinski definition) is 10. The first-order valence-corrected chi connectivity index (χ1v) is 7.71. The van der Waals surface area contributed by atoms with E-state index in [1.54, 1.807) is 18.7 Å². The molecule has 142 valence electrons. The predicted molar refractivity (Wildman–Crippen MR) is 71.2 cm³/mol. The van der Waals surface area contributed by atoms with Crippen molar-refractivity contribution in [1.82, 2.24) is 10.2 Å². The summed E-state index contributed by atoms with van der Waals surface area (Å²) in [7, 11) is -0.329. The number of rotatable bonds is 4. The van der Waals surface area contributed by atoms with Crippen molar-refractivity contribution in [3.63, 3.8) is 0 Å². The monoisotopic (exact) mass is 392 g/mol. The Balaban J connectivity index is 0.000000597. The number of nitrogens with one attached hydrogen (secondary N) is 1. The van der Waals surface area contributed by atoms with Crippen molar-refractivity contribution in [1.29, 1.82) is 0 Å². The van der Waals surface area contributed by atoms with Crippen LogP contribution in [0, 0.1) is 20.4 Å². The van der Waals surface area contributed by atoms with E-state index in [0.717, 1.165) is 0 Å². The molecule has 0 aliphatic carbocycles. The largest absolute Gasteiger partial charge is 0.461 e. The normalized spacial score (nSPS) is 10.6. The number of carbonyl (C=O) groups excluding carboxylic acids is 1. The van der Waals surface area contributed by atoms with Crippen LogP contribution in [0.4, 0.5) is 5.88 Å². The number of hydrogen-bond donors (Lipinski definition) is 1. The average molecular weight is 393 g/mol. The third-order valence-corrected chi connectivity index (χ3v) is 2.74. The minimum absolute atomic E-state index is 0.206. The summed E-state index contributed by atoms with van der Waals surface area (Å²) >= 11 is 0. The topological polar surface area (TPSA) is 207 Å². The molecule has 0 spiro atoms. The molecule has 0 aliphatic rings. The van der Waals surface area contributed by atoms with Crippen LogP contribution in [0.1, 0.15) is 5.56 Å². The third-order valence-electron chi connectivity index (χ3n) is 2.74. The number of ether oxygens (including phenoxy) is 1. The van der Waals surface area contributed by atoms with Gasteiger partial charge >= 0.3 is 11.9 Å². The summed E-state index contributed by atoms with van der Waals surface area (Å²) in [4.78, 5) is 21.9.